The first-order valence-corrected chi connectivity index (χ1v) is 21.0. The van der Waals surface area contributed by atoms with Gasteiger partial charge in [-0.15, -0.1) is 0 Å². The van der Waals surface area contributed by atoms with Gasteiger partial charge in [-0.05, 0) is 38.5 Å². The summed E-state index contributed by atoms with van der Waals surface area (Å²) >= 11 is 0. The van der Waals surface area contributed by atoms with Crippen molar-refractivity contribution in [2.45, 2.75) is 244 Å². The van der Waals surface area contributed by atoms with Gasteiger partial charge in [-0.25, -0.2) is 0 Å². The van der Waals surface area contributed by atoms with Crippen LogP contribution >= 0.6 is 0 Å². The van der Waals surface area contributed by atoms with Crippen molar-refractivity contribution < 1.29 is 20.1 Å². The summed E-state index contributed by atoms with van der Waals surface area (Å²) in [6.07, 6.45) is 43.6. The van der Waals surface area contributed by atoms with E-state index in [9.17, 15) is 20.1 Å². The van der Waals surface area contributed by atoms with E-state index < -0.39 is 24.2 Å². The fourth-order valence-corrected chi connectivity index (χ4v) is 6.54. The molecule has 47 heavy (non-hydrogen) atoms. The lowest BCUT2D eigenvalue weighted by Crippen LogP contribution is -2.49. The molecule has 0 aromatic carbocycles. The van der Waals surface area contributed by atoms with Gasteiger partial charge in [0.15, 0.2) is 0 Å². The third kappa shape index (κ3) is 33.4. The fourth-order valence-electron chi connectivity index (χ4n) is 6.54. The highest BCUT2D eigenvalue weighted by Gasteiger charge is 2.23. The topological polar surface area (TPSA) is 89.8 Å². The zero-order chi connectivity index (χ0) is 34.5. The third-order valence-corrected chi connectivity index (χ3v) is 9.88. The molecule has 0 fully saturated rings. The van der Waals surface area contributed by atoms with Gasteiger partial charge in [0.2, 0.25) is 5.91 Å². The van der Waals surface area contributed by atoms with Gasteiger partial charge in [0.1, 0.15) is 6.10 Å². The van der Waals surface area contributed by atoms with Crippen LogP contribution in [0.15, 0.2) is 12.2 Å². The number of carbonyl (C=O) groups is 1. The van der Waals surface area contributed by atoms with E-state index >= 15 is 0 Å². The van der Waals surface area contributed by atoms with E-state index in [-0.39, 0.29) is 6.61 Å². The highest BCUT2D eigenvalue weighted by molar-refractivity contribution is 5.80. The first kappa shape index (κ1) is 46.1. The molecule has 0 radical (unpaired) electrons. The number of hydrogen-bond donors (Lipinski definition) is 4. The van der Waals surface area contributed by atoms with Crippen molar-refractivity contribution in [1.29, 1.82) is 0 Å². The highest BCUT2D eigenvalue weighted by atomic mass is 16.3. The summed E-state index contributed by atoms with van der Waals surface area (Å²) in [5.41, 5.74) is 0. The first-order chi connectivity index (χ1) is 23.1. The van der Waals surface area contributed by atoms with Crippen LogP contribution in [0, 0.1) is 0 Å². The molecule has 1 amide bonds. The second-order valence-corrected chi connectivity index (χ2v) is 14.6. The van der Waals surface area contributed by atoms with Crippen LogP contribution in [0.3, 0.4) is 0 Å². The number of amides is 1. The summed E-state index contributed by atoms with van der Waals surface area (Å²) in [6.45, 7) is 4.20. The van der Waals surface area contributed by atoms with Crippen LogP contribution in [0.5, 0.6) is 0 Å². The first-order valence-electron chi connectivity index (χ1n) is 21.0. The highest BCUT2D eigenvalue weighted by Crippen LogP contribution is 2.16. The molecule has 0 aliphatic carbocycles. The van der Waals surface area contributed by atoms with Gasteiger partial charge in [0, 0.05) is 0 Å². The number of rotatable bonds is 38. The number of aliphatic hydroxyl groups excluding tert-OH is 3. The second kappa shape index (κ2) is 37.9. The van der Waals surface area contributed by atoms with E-state index in [4.69, 9.17) is 0 Å². The van der Waals surface area contributed by atoms with Gasteiger partial charge >= 0.3 is 0 Å². The Balaban J connectivity index is 3.57. The number of aliphatic hydroxyl groups is 3. The minimum atomic E-state index is -1.08. The largest absolute Gasteiger partial charge is 0.394 e. The third-order valence-electron chi connectivity index (χ3n) is 9.88. The molecule has 0 rings (SSSR count). The molecule has 3 atom stereocenters. The molecular weight excluding hydrogens is 582 g/mol. The zero-order valence-corrected chi connectivity index (χ0v) is 31.7. The van der Waals surface area contributed by atoms with Gasteiger partial charge in [0.25, 0.3) is 0 Å². The van der Waals surface area contributed by atoms with E-state index in [0.717, 1.165) is 44.9 Å². The molecule has 0 saturated carbocycles. The van der Waals surface area contributed by atoms with Gasteiger partial charge in [-0.3, -0.25) is 4.79 Å². The van der Waals surface area contributed by atoms with Crippen LogP contribution in [0.2, 0.25) is 0 Å². The van der Waals surface area contributed by atoms with Crippen molar-refractivity contribution in [2.75, 3.05) is 6.61 Å². The minimum absolute atomic E-state index is 0.315. The van der Waals surface area contributed by atoms with Crippen LogP contribution in [0.4, 0.5) is 0 Å². The number of unbranched alkanes of at least 4 members (excludes halogenated alkanes) is 28. The summed E-state index contributed by atoms with van der Waals surface area (Å²) < 4.78 is 0. The minimum Gasteiger partial charge on any atom is -0.394 e. The maximum absolute atomic E-state index is 12.4. The monoisotopic (exact) mass is 666 g/mol. The summed E-state index contributed by atoms with van der Waals surface area (Å²) in [6, 6.07) is -0.712. The second-order valence-electron chi connectivity index (χ2n) is 14.6. The molecule has 0 aromatic rings. The van der Waals surface area contributed by atoms with Crippen LogP contribution < -0.4 is 5.32 Å². The number of allylic oxidation sites excluding steroid dienone is 2. The van der Waals surface area contributed by atoms with Crippen molar-refractivity contribution in [1.82, 2.24) is 5.32 Å². The molecule has 5 heteroatoms. The summed E-state index contributed by atoms with van der Waals surface area (Å²) in [5, 5.41) is 33.2. The average molecular weight is 666 g/mol. The molecule has 5 nitrogen and oxygen atoms in total. The molecule has 3 unspecified atom stereocenters. The predicted octanol–water partition coefficient (Wildman–Crippen LogP) is 11.7. The Morgan fingerprint density at radius 1 is 0.489 bits per heavy atom. The Morgan fingerprint density at radius 2 is 0.809 bits per heavy atom. The molecule has 0 spiro atoms. The smallest absolute Gasteiger partial charge is 0.249 e. The van der Waals surface area contributed by atoms with Crippen molar-refractivity contribution in [3.63, 3.8) is 0 Å². The number of carbonyl (C=O) groups excluding carboxylic acids is 1. The fraction of sp³-hybridized carbons (Fsp3) is 0.929. The lowest BCUT2D eigenvalue weighted by molar-refractivity contribution is -0.131. The molecule has 0 aliphatic rings. The van der Waals surface area contributed by atoms with Crippen LogP contribution in [0.1, 0.15) is 226 Å². The molecule has 280 valence electrons. The SMILES string of the molecule is CCCCC/C=C\CCCCCCC(O)C(=O)NC(CO)C(O)CCCCCCCCCCCCCCCCCCCCCCCC. The number of hydrogen-bond acceptors (Lipinski definition) is 4. The van der Waals surface area contributed by atoms with Gasteiger partial charge in [-0.1, -0.05) is 199 Å². The Bertz CT molecular complexity index is 655. The zero-order valence-electron chi connectivity index (χ0n) is 31.7. The predicted molar refractivity (Wildman–Crippen MR) is 204 cm³/mol. The van der Waals surface area contributed by atoms with Gasteiger partial charge < -0.3 is 20.6 Å². The summed E-state index contributed by atoms with van der Waals surface area (Å²) in [7, 11) is 0. The van der Waals surface area contributed by atoms with E-state index in [1.807, 2.05) is 0 Å². The van der Waals surface area contributed by atoms with Gasteiger partial charge in [-0.2, -0.15) is 0 Å². The van der Waals surface area contributed by atoms with Crippen molar-refractivity contribution in [3.8, 4) is 0 Å². The molecular formula is C42H83NO4. The maximum Gasteiger partial charge on any atom is 0.249 e. The lowest BCUT2D eigenvalue weighted by Gasteiger charge is -2.23. The Kier molecular flexibility index (Phi) is 37.2. The molecule has 0 aromatic heterocycles. The maximum atomic E-state index is 12.4. The van der Waals surface area contributed by atoms with Crippen molar-refractivity contribution in [2.24, 2.45) is 0 Å². The van der Waals surface area contributed by atoms with Crippen LogP contribution in [-0.2, 0) is 4.79 Å². The van der Waals surface area contributed by atoms with E-state index in [1.54, 1.807) is 0 Å². The van der Waals surface area contributed by atoms with Crippen LogP contribution in [0.25, 0.3) is 0 Å². The molecule has 0 aliphatic heterocycles. The van der Waals surface area contributed by atoms with E-state index in [1.165, 1.54) is 154 Å². The Morgan fingerprint density at radius 3 is 1.21 bits per heavy atom. The molecule has 0 saturated heterocycles. The Hall–Kier alpha value is -0.910. The molecule has 0 bridgehead atoms. The standard InChI is InChI=1S/C42H83NO4/c1-3-5-7-9-11-13-15-16-17-18-19-20-21-22-23-24-25-27-28-30-32-34-36-40(45)39(38-44)43-42(47)41(46)37-35-33-31-29-26-14-12-10-8-6-4-2/h12,14,39-41,44-46H,3-11,13,15-38H2,1-2H3,(H,43,47)/b14-12-. The van der Waals surface area contributed by atoms with E-state index in [0.29, 0.717) is 12.8 Å². The summed E-state index contributed by atoms with van der Waals surface area (Å²) in [5.74, 6) is -0.479. The summed E-state index contributed by atoms with van der Waals surface area (Å²) in [4.78, 5) is 12.4. The van der Waals surface area contributed by atoms with Crippen molar-refractivity contribution >= 4 is 5.91 Å². The molecule has 4 N–H and O–H groups in total. The Labute approximate surface area is 293 Å². The average Bonchev–Trinajstić information content (AvgIpc) is 3.07. The quantitative estimate of drug-likeness (QED) is 0.0390. The normalized spacial score (nSPS) is 13.7. The van der Waals surface area contributed by atoms with E-state index in [2.05, 4.69) is 31.3 Å². The lowest BCUT2D eigenvalue weighted by atomic mass is 10.0. The van der Waals surface area contributed by atoms with Crippen LogP contribution in [-0.4, -0.2) is 46.1 Å². The number of nitrogens with one attached hydrogen (secondary N) is 1. The van der Waals surface area contributed by atoms with Crippen molar-refractivity contribution in [3.05, 3.63) is 12.2 Å². The van der Waals surface area contributed by atoms with Gasteiger partial charge in [0.05, 0.1) is 18.8 Å². The molecule has 0 heterocycles.